The maximum absolute atomic E-state index is 11.7. The third kappa shape index (κ3) is 3.66. The van der Waals surface area contributed by atoms with Crippen LogP contribution in [0, 0.1) is 0 Å². The average molecular weight is 350 g/mol. The number of carbonyl (C=O) groups is 1. The Morgan fingerprint density at radius 1 is 1.57 bits per heavy atom. The molecule has 0 radical (unpaired) electrons. The van der Waals surface area contributed by atoms with Crippen molar-refractivity contribution in [3.05, 3.63) is 46.2 Å². The zero-order chi connectivity index (χ0) is 15.5. The number of rotatable bonds is 5. The Hall–Kier alpha value is -1.31. The summed E-state index contributed by atoms with van der Waals surface area (Å²) in [6.45, 7) is -0.00754. The molecular formula is C12H11Cl3N4O2. The molecule has 1 amide bonds. The first kappa shape index (κ1) is 16.1. The molecule has 0 spiro atoms. The van der Waals surface area contributed by atoms with Crippen molar-refractivity contribution in [1.82, 2.24) is 10.4 Å². The summed E-state index contributed by atoms with van der Waals surface area (Å²) >= 11 is 17.0. The van der Waals surface area contributed by atoms with E-state index in [2.05, 4.69) is 10.4 Å². The van der Waals surface area contributed by atoms with Crippen LogP contribution in [0.15, 0.2) is 41.2 Å². The van der Waals surface area contributed by atoms with Gasteiger partial charge in [0.05, 0.1) is 11.6 Å². The largest absolute Gasteiger partial charge is 0.366 e. The third-order valence-corrected chi connectivity index (χ3v) is 3.23. The van der Waals surface area contributed by atoms with Gasteiger partial charge in [-0.1, -0.05) is 34.8 Å². The number of carbonyl (C=O) groups excluding carboxylic acids is 1. The molecule has 2 heterocycles. The first-order valence-electron chi connectivity index (χ1n) is 5.76. The van der Waals surface area contributed by atoms with Crippen LogP contribution in [0.5, 0.6) is 0 Å². The molecular weight excluding hydrogens is 339 g/mol. The minimum atomic E-state index is -1.53. The zero-order valence-corrected chi connectivity index (χ0v) is 12.9. The minimum Gasteiger partial charge on any atom is -0.366 e. The van der Waals surface area contributed by atoms with Crippen LogP contribution in [-0.2, 0) is 9.53 Å². The smallest absolute Gasteiger partial charge is 0.271 e. The Morgan fingerprint density at radius 3 is 2.95 bits per heavy atom. The van der Waals surface area contributed by atoms with Crippen LogP contribution in [0.2, 0.25) is 5.02 Å². The van der Waals surface area contributed by atoms with Gasteiger partial charge >= 0.3 is 0 Å². The predicted octanol–water partition coefficient (Wildman–Crippen LogP) is 2.09. The number of pyridine rings is 1. The molecule has 112 valence electrons. The van der Waals surface area contributed by atoms with E-state index in [4.69, 9.17) is 45.3 Å². The average Bonchev–Trinajstić information content (AvgIpc) is 2.84. The molecule has 21 heavy (non-hydrogen) atoms. The Bertz CT molecular complexity index is 604. The fraction of sp³-hybridized carbons (Fsp3) is 0.167. The highest BCUT2D eigenvalue weighted by atomic mass is 35.5. The fourth-order valence-corrected chi connectivity index (χ4v) is 1.97. The second kappa shape index (κ2) is 6.64. The van der Waals surface area contributed by atoms with Gasteiger partial charge in [0, 0.05) is 12.4 Å². The van der Waals surface area contributed by atoms with Crippen LogP contribution in [-0.4, -0.2) is 23.2 Å². The molecule has 1 atom stereocenters. The Labute approximate surface area is 136 Å². The number of hydrogen-bond donors (Lipinski definition) is 2. The number of nitrogens with zero attached hydrogens (tertiary/aromatic N) is 2. The van der Waals surface area contributed by atoms with Crippen molar-refractivity contribution in [2.75, 3.05) is 11.6 Å². The highest BCUT2D eigenvalue weighted by Gasteiger charge is 2.41. The molecule has 1 aliphatic heterocycles. The molecule has 0 aliphatic carbocycles. The van der Waals surface area contributed by atoms with Gasteiger partial charge in [-0.2, -0.15) is 5.43 Å². The third-order valence-electron chi connectivity index (χ3n) is 2.63. The Morgan fingerprint density at radius 2 is 2.33 bits per heavy atom. The molecule has 0 aromatic carbocycles. The van der Waals surface area contributed by atoms with Gasteiger partial charge in [0.25, 0.3) is 5.91 Å². The first-order valence-corrected chi connectivity index (χ1v) is 6.90. The van der Waals surface area contributed by atoms with E-state index in [1.807, 2.05) is 0 Å². The quantitative estimate of drug-likeness (QED) is 0.851. The molecule has 0 saturated carbocycles. The lowest BCUT2D eigenvalue weighted by Crippen LogP contribution is -2.57. The summed E-state index contributed by atoms with van der Waals surface area (Å²) in [5.74, 6) is -0.319. The maximum atomic E-state index is 11.7. The summed E-state index contributed by atoms with van der Waals surface area (Å²) in [7, 11) is 0. The standard InChI is InChI=1S/C12H11Cl3N4O2/c13-8-2-1-5-17-10(8)19-6-4-12(18-19,11(16)20)21-7-3-9(14)15/h1-6,18H,7H2,(H2,16,20). The number of ether oxygens (including phenoxy) is 1. The fourth-order valence-electron chi connectivity index (χ4n) is 1.64. The Kier molecular flexibility index (Phi) is 5.08. The molecule has 1 aliphatic rings. The van der Waals surface area contributed by atoms with Crippen molar-refractivity contribution in [2.45, 2.75) is 5.72 Å². The lowest BCUT2D eigenvalue weighted by molar-refractivity contribution is -0.139. The van der Waals surface area contributed by atoms with Gasteiger partial charge < -0.3 is 10.5 Å². The monoisotopic (exact) mass is 348 g/mol. The summed E-state index contributed by atoms with van der Waals surface area (Å²) in [6, 6.07) is 3.36. The summed E-state index contributed by atoms with van der Waals surface area (Å²) in [5, 5.41) is 1.85. The first-order chi connectivity index (χ1) is 9.94. The molecule has 6 nitrogen and oxygen atoms in total. The number of hydrazine groups is 1. The number of nitrogens with one attached hydrogen (secondary N) is 1. The van der Waals surface area contributed by atoms with E-state index in [0.717, 1.165) is 0 Å². The molecule has 1 unspecified atom stereocenters. The van der Waals surface area contributed by atoms with Crippen LogP contribution in [0.3, 0.4) is 0 Å². The van der Waals surface area contributed by atoms with Crippen molar-refractivity contribution < 1.29 is 9.53 Å². The number of hydrogen-bond acceptors (Lipinski definition) is 5. The van der Waals surface area contributed by atoms with Crippen molar-refractivity contribution in [2.24, 2.45) is 5.73 Å². The van der Waals surface area contributed by atoms with Crippen LogP contribution in [0.4, 0.5) is 5.82 Å². The topological polar surface area (TPSA) is 80.5 Å². The van der Waals surface area contributed by atoms with E-state index in [1.165, 1.54) is 17.2 Å². The molecule has 1 aromatic rings. The lowest BCUT2D eigenvalue weighted by Gasteiger charge is -2.27. The molecule has 3 N–H and O–H groups in total. The SMILES string of the molecule is NC(=O)C1(OCC=C(Cl)Cl)C=CN(c2ncccc2Cl)N1. The van der Waals surface area contributed by atoms with E-state index < -0.39 is 11.6 Å². The van der Waals surface area contributed by atoms with Crippen LogP contribution < -0.4 is 16.2 Å². The van der Waals surface area contributed by atoms with Gasteiger partial charge in [-0.25, -0.2) is 4.98 Å². The molecule has 1 aromatic heterocycles. The van der Waals surface area contributed by atoms with Crippen molar-refractivity contribution >= 4 is 46.5 Å². The van der Waals surface area contributed by atoms with Crippen molar-refractivity contribution in [3.63, 3.8) is 0 Å². The summed E-state index contributed by atoms with van der Waals surface area (Å²) in [6.07, 6.45) is 5.96. The van der Waals surface area contributed by atoms with Crippen molar-refractivity contribution in [3.8, 4) is 0 Å². The van der Waals surface area contributed by atoms with E-state index in [9.17, 15) is 4.79 Å². The highest BCUT2D eigenvalue weighted by Crippen LogP contribution is 2.27. The highest BCUT2D eigenvalue weighted by molar-refractivity contribution is 6.55. The van der Waals surface area contributed by atoms with E-state index in [1.54, 1.807) is 24.5 Å². The Balaban J connectivity index is 2.17. The second-order valence-corrected chi connectivity index (χ2v) is 5.43. The molecule has 9 heteroatoms. The number of aromatic nitrogens is 1. The van der Waals surface area contributed by atoms with Gasteiger partial charge in [0.15, 0.2) is 5.82 Å². The lowest BCUT2D eigenvalue weighted by atomic mass is 10.2. The van der Waals surface area contributed by atoms with Crippen LogP contribution in [0.1, 0.15) is 0 Å². The maximum Gasteiger partial charge on any atom is 0.271 e. The number of anilines is 1. The molecule has 0 fully saturated rings. The predicted molar refractivity (Wildman–Crippen MR) is 81.7 cm³/mol. The number of amides is 1. The minimum absolute atomic E-state index is 0.00754. The second-order valence-electron chi connectivity index (χ2n) is 4.01. The molecule has 0 bridgehead atoms. The van der Waals surface area contributed by atoms with Crippen LogP contribution >= 0.6 is 34.8 Å². The van der Waals surface area contributed by atoms with Crippen molar-refractivity contribution in [1.29, 1.82) is 0 Å². The number of nitrogens with two attached hydrogens (primary N) is 1. The van der Waals surface area contributed by atoms with Gasteiger partial charge in [-0.3, -0.25) is 9.80 Å². The molecule has 2 rings (SSSR count). The summed E-state index contributed by atoms with van der Waals surface area (Å²) in [4.78, 5) is 15.8. The number of halogens is 3. The molecule has 0 saturated heterocycles. The summed E-state index contributed by atoms with van der Waals surface area (Å²) in [5.41, 5.74) is 6.65. The van der Waals surface area contributed by atoms with Gasteiger partial charge in [0.2, 0.25) is 5.72 Å². The van der Waals surface area contributed by atoms with Gasteiger partial charge in [-0.05, 0) is 24.3 Å². The van der Waals surface area contributed by atoms with E-state index in [0.29, 0.717) is 10.8 Å². The van der Waals surface area contributed by atoms with Gasteiger partial charge in [-0.15, -0.1) is 0 Å². The van der Waals surface area contributed by atoms with E-state index in [-0.39, 0.29) is 11.1 Å². The normalized spacial score (nSPS) is 20.6. The zero-order valence-electron chi connectivity index (χ0n) is 10.6. The van der Waals surface area contributed by atoms with Gasteiger partial charge in [0.1, 0.15) is 4.49 Å². The van der Waals surface area contributed by atoms with Crippen LogP contribution in [0.25, 0.3) is 0 Å². The van der Waals surface area contributed by atoms with E-state index >= 15 is 0 Å². The summed E-state index contributed by atoms with van der Waals surface area (Å²) < 4.78 is 5.45. The number of primary amides is 1.